The molecule has 0 aliphatic heterocycles. The van der Waals surface area contributed by atoms with E-state index >= 15 is 0 Å². The van der Waals surface area contributed by atoms with E-state index < -0.39 is 0 Å². The van der Waals surface area contributed by atoms with Crippen LogP contribution in [0.1, 0.15) is 31.7 Å². The maximum Gasteiger partial charge on any atom is 0.171 e. The first-order chi connectivity index (χ1) is 8.13. The summed E-state index contributed by atoms with van der Waals surface area (Å²) in [5.41, 5.74) is 15.2. The highest BCUT2D eigenvalue weighted by molar-refractivity contribution is 5.85. The van der Waals surface area contributed by atoms with Gasteiger partial charge in [-0.15, -0.1) is 0 Å². The molecule has 4 heteroatoms. The van der Waals surface area contributed by atoms with Crippen LogP contribution in [0.4, 0.5) is 11.4 Å². The van der Waals surface area contributed by atoms with Crippen LogP contribution in [0.3, 0.4) is 0 Å². The van der Waals surface area contributed by atoms with E-state index in [0.29, 0.717) is 17.1 Å². The molecule has 4 nitrogen and oxygen atoms in total. The SMILES string of the molecule is CC1CC=C(c2ccc(ON)c(N)c2N)CC1. The molecular formula is C13H19N3O. The summed E-state index contributed by atoms with van der Waals surface area (Å²) in [4.78, 5) is 4.66. The molecule has 17 heavy (non-hydrogen) atoms. The van der Waals surface area contributed by atoms with Crippen molar-refractivity contribution in [3.05, 3.63) is 23.8 Å². The lowest BCUT2D eigenvalue weighted by Gasteiger charge is -2.20. The van der Waals surface area contributed by atoms with Crippen molar-refractivity contribution in [2.24, 2.45) is 11.8 Å². The second-order valence-electron chi connectivity index (χ2n) is 4.67. The predicted molar refractivity (Wildman–Crippen MR) is 71.1 cm³/mol. The molecule has 1 aromatic carbocycles. The van der Waals surface area contributed by atoms with Crippen LogP contribution in [0.5, 0.6) is 5.75 Å². The number of benzene rings is 1. The monoisotopic (exact) mass is 233 g/mol. The molecule has 0 amide bonds. The number of hydrogen-bond acceptors (Lipinski definition) is 4. The van der Waals surface area contributed by atoms with Crippen molar-refractivity contribution in [3.8, 4) is 5.75 Å². The normalized spacial score (nSPS) is 19.9. The van der Waals surface area contributed by atoms with Crippen LogP contribution in [0.2, 0.25) is 0 Å². The van der Waals surface area contributed by atoms with Crippen LogP contribution in [0.15, 0.2) is 18.2 Å². The molecule has 0 heterocycles. The fourth-order valence-electron chi connectivity index (χ4n) is 2.21. The topological polar surface area (TPSA) is 87.3 Å². The molecule has 0 spiro atoms. The lowest BCUT2D eigenvalue weighted by Crippen LogP contribution is -2.09. The lowest BCUT2D eigenvalue weighted by atomic mass is 9.87. The highest BCUT2D eigenvalue weighted by Crippen LogP contribution is 2.38. The van der Waals surface area contributed by atoms with Crippen molar-refractivity contribution in [1.29, 1.82) is 0 Å². The summed E-state index contributed by atoms with van der Waals surface area (Å²) in [6.45, 7) is 2.26. The third kappa shape index (κ3) is 2.22. The van der Waals surface area contributed by atoms with Crippen LogP contribution in [0, 0.1) is 5.92 Å². The van der Waals surface area contributed by atoms with E-state index in [1.807, 2.05) is 6.07 Å². The molecule has 92 valence electrons. The van der Waals surface area contributed by atoms with Crippen LogP contribution in [-0.2, 0) is 0 Å². The summed E-state index contributed by atoms with van der Waals surface area (Å²) < 4.78 is 0. The third-order valence-electron chi connectivity index (χ3n) is 3.39. The van der Waals surface area contributed by atoms with Crippen LogP contribution in [0.25, 0.3) is 5.57 Å². The Morgan fingerprint density at radius 1 is 1.24 bits per heavy atom. The van der Waals surface area contributed by atoms with Gasteiger partial charge in [-0.1, -0.05) is 13.0 Å². The number of hydrogen-bond donors (Lipinski definition) is 3. The van der Waals surface area contributed by atoms with Crippen LogP contribution < -0.4 is 22.2 Å². The van der Waals surface area contributed by atoms with Crippen molar-refractivity contribution >= 4 is 16.9 Å². The van der Waals surface area contributed by atoms with Gasteiger partial charge in [-0.25, -0.2) is 0 Å². The van der Waals surface area contributed by atoms with Gasteiger partial charge in [0.15, 0.2) is 5.75 Å². The Morgan fingerprint density at radius 3 is 2.59 bits per heavy atom. The Morgan fingerprint density at radius 2 is 2.00 bits per heavy atom. The molecule has 0 saturated heterocycles. The van der Waals surface area contributed by atoms with E-state index in [9.17, 15) is 0 Å². The van der Waals surface area contributed by atoms with Gasteiger partial charge in [-0.2, -0.15) is 5.90 Å². The van der Waals surface area contributed by atoms with Gasteiger partial charge in [0.2, 0.25) is 0 Å². The van der Waals surface area contributed by atoms with E-state index in [-0.39, 0.29) is 0 Å². The number of anilines is 2. The first-order valence-electron chi connectivity index (χ1n) is 5.87. The molecular weight excluding hydrogens is 214 g/mol. The summed E-state index contributed by atoms with van der Waals surface area (Å²) in [6, 6.07) is 3.69. The van der Waals surface area contributed by atoms with Crippen LogP contribution in [-0.4, -0.2) is 0 Å². The average molecular weight is 233 g/mol. The minimum atomic E-state index is 0.421. The van der Waals surface area contributed by atoms with E-state index in [0.717, 1.165) is 24.3 Å². The molecule has 6 N–H and O–H groups in total. The van der Waals surface area contributed by atoms with Crippen molar-refractivity contribution in [3.63, 3.8) is 0 Å². The molecule has 0 fully saturated rings. The molecule has 1 aromatic rings. The molecule has 0 radical (unpaired) electrons. The predicted octanol–water partition coefficient (Wildman–Crippen LogP) is 2.31. The van der Waals surface area contributed by atoms with Crippen molar-refractivity contribution in [2.75, 3.05) is 11.5 Å². The fourth-order valence-corrected chi connectivity index (χ4v) is 2.21. The Labute approximate surface area is 101 Å². The first kappa shape index (κ1) is 11.8. The zero-order valence-corrected chi connectivity index (χ0v) is 10.1. The van der Waals surface area contributed by atoms with Gasteiger partial charge in [0.05, 0.1) is 5.69 Å². The van der Waals surface area contributed by atoms with E-state index in [1.165, 1.54) is 12.0 Å². The first-order valence-corrected chi connectivity index (χ1v) is 5.87. The summed E-state index contributed by atoms with van der Waals surface area (Å²) in [5.74, 6) is 6.30. The number of nitrogens with two attached hydrogens (primary N) is 3. The third-order valence-corrected chi connectivity index (χ3v) is 3.39. The number of rotatable bonds is 2. The quantitative estimate of drug-likeness (QED) is 0.540. The Balaban J connectivity index is 2.37. The summed E-state index contributed by atoms with van der Waals surface area (Å²) in [5, 5.41) is 0. The molecule has 1 atom stereocenters. The highest BCUT2D eigenvalue weighted by atomic mass is 16.6. The van der Waals surface area contributed by atoms with Gasteiger partial charge >= 0.3 is 0 Å². The highest BCUT2D eigenvalue weighted by Gasteiger charge is 2.16. The number of allylic oxidation sites excluding steroid dienone is 2. The largest absolute Gasteiger partial charge is 0.409 e. The van der Waals surface area contributed by atoms with Gasteiger partial charge in [-0.3, -0.25) is 0 Å². The fraction of sp³-hybridized carbons (Fsp3) is 0.385. The van der Waals surface area contributed by atoms with Crippen LogP contribution >= 0.6 is 0 Å². The lowest BCUT2D eigenvalue weighted by molar-refractivity contribution is 0.336. The minimum Gasteiger partial charge on any atom is -0.409 e. The molecule has 1 aliphatic rings. The Hall–Kier alpha value is -1.68. The molecule has 0 saturated carbocycles. The smallest absolute Gasteiger partial charge is 0.171 e. The van der Waals surface area contributed by atoms with Gasteiger partial charge in [0.1, 0.15) is 5.69 Å². The Bertz CT molecular complexity index is 454. The van der Waals surface area contributed by atoms with E-state index in [2.05, 4.69) is 17.8 Å². The number of nitrogen functional groups attached to an aromatic ring is 2. The van der Waals surface area contributed by atoms with Gasteiger partial charge in [0.25, 0.3) is 0 Å². The molecule has 0 bridgehead atoms. The molecule has 1 unspecified atom stereocenters. The molecule has 2 rings (SSSR count). The molecule has 0 aromatic heterocycles. The summed E-state index contributed by atoms with van der Waals surface area (Å²) >= 11 is 0. The second-order valence-corrected chi connectivity index (χ2v) is 4.67. The Kier molecular flexibility index (Phi) is 3.24. The zero-order chi connectivity index (χ0) is 12.4. The van der Waals surface area contributed by atoms with E-state index in [1.54, 1.807) is 6.07 Å². The summed E-state index contributed by atoms with van der Waals surface area (Å²) in [7, 11) is 0. The zero-order valence-electron chi connectivity index (χ0n) is 10.1. The summed E-state index contributed by atoms with van der Waals surface area (Å²) in [6.07, 6.45) is 5.60. The standard InChI is InChI=1S/C13H19N3O/c1-8-2-4-9(5-3-8)10-6-7-11(17-16)13(15)12(10)14/h4,6-8H,2-3,5,14-16H2,1H3. The van der Waals surface area contributed by atoms with Gasteiger partial charge in [-0.05, 0) is 42.9 Å². The van der Waals surface area contributed by atoms with Crippen molar-refractivity contribution in [1.82, 2.24) is 0 Å². The van der Waals surface area contributed by atoms with E-state index in [4.69, 9.17) is 17.4 Å². The second kappa shape index (κ2) is 4.67. The average Bonchev–Trinajstić information content (AvgIpc) is 2.34. The van der Waals surface area contributed by atoms with Crippen molar-refractivity contribution in [2.45, 2.75) is 26.2 Å². The minimum absolute atomic E-state index is 0.421. The maximum absolute atomic E-state index is 6.02. The van der Waals surface area contributed by atoms with Crippen molar-refractivity contribution < 1.29 is 4.84 Å². The van der Waals surface area contributed by atoms with Gasteiger partial charge < -0.3 is 16.3 Å². The maximum atomic E-state index is 6.02. The molecule has 1 aliphatic carbocycles. The van der Waals surface area contributed by atoms with Gasteiger partial charge in [0, 0.05) is 5.56 Å².